The van der Waals surface area contributed by atoms with Gasteiger partial charge >= 0.3 is 5.69 Å². The minimum absolute atomic E-state index is 0.0980. The monoisotopic (exact) mass is 443 g/mol. The molecule has 12 heteroatoms. The Kier molecular flexibility index (Phi) is 6.66. The molecule has 2 aromatic rings. The van der Waals surface area contributed by atoms with E-state index < -0.39 is 35.7 Å². The van der Waals surface area contributed by atoms with E-state index in [1.54, 1.807) is 30.3 Å². The maximum Gasteiger partial charge on any atom is 0.351 e. The van der Waals surface area contributed by atoms with Crippen LogP contribution in [0.2, 0.25) is 0 Å². The smallest absolute Gasteiger partial charge is 0.351 e. The maximum atomic E-state index is 12.4. The largest absolute Gasteiger partial charge is 0.394 e. The summed E-state index contributed by atoms with van der Waals surface area (Å²) in [5.41, 5.74) is -3.48. The predicted molar refractivity (Wildman–Crippen MR) is 109 cm³/mol. The van der Waals surface area contributed by atoms with E-state index >= 15 is 0 Å². The second-order valence-corrected chi connectivity index (χ2v) is 11.1. The molecule has 3 N–H and O–H groups in total. The van der Waals surface area contributed by atoms with E-state index in [9.17, 15) is 19.6 Å². The highest BCUT2D eigenvalue weighted by Gasteiger charge is 2.39. The van der Waals surface area contributed by atoms with Gasteiger partial charge in [-0.1, -0.05) is 30.4 Å². The number of aliphatic hydroxyl groups excluding tert-OH is 1. The van der Waals surface area contributed by atoms with Crippen molar-refractivity contribution in [2.24, 2.45) is 0 Å². The Labute approximate surface area is 170 Å². The van der Waals surface area contributed by atoms with Gasteiger partial charge in [-0.05, 0) is 30.0 Å². The first-order valence-electron chi connectivity index (χ1n) is 8.22. The summed E-state index contributed by atoms with van der Waals surface area (Å²) in [6, 6.07) is 9.99. The molecular formula is C16H18N3O6PS2. The third-order valence-corrected chi connectivity index (χ3v) is 5.14. The van der Waals surface area contributed by atoms with Gasteiger partial charge < -0.3 is 24.6 Å². The molecule has 3 rings (SSSR count). The number of benzene rings is 1. The first-order valence-corrected chi connectivity index (χ1v) is 12.1. The van der Waals surface area contributed by atoms with Crippen LogP contribution in [-0.2, 0) is 21.1 Å². The summed E-state index contributed by atoms with van der Waals surface area (Å²) < 4.78 is 12.1. The van der Waals surface area contributed by atoms with Crippen LogP contribution in [0.15, 0.2) is 47.4 Å². The molecule has 1 aliphatic rings. The molecule has 4 atom stereocenters. The van der Waals surface area contributed by atoms with Crippen molar-refractivity contribution in [3.63, 3.8) is 0 Å². The van der Waals surface area contributed by atoms with E-state index in [4.69, 9.17) is 21.1 Å². The lowest BCUT2D eigenvalue weighted by molar-refractivity contribution is -0.0415. The van der Waals surface area contributed by atoms with Gasteiger partial charge in [-0.15, -0.1) is 0 Å². The summed E-state index contributed by atoms with van der Waals surface area (Å²) in [6.07, 6.45) is -0.658. The Morgan fingerprint density at radius 3 is 2.75 bits per heavy atom. The highest BCUT2D eigenvalue weighted by molar-refractivity contribution is 8.59. The molecule has 0 saturated carbocycles. The topological polar surface area (TPSA) is 123 Å². The maximum absolute atomic E-state index is 12.4. The van der Waals surface area contributed by atoms with Crippen LogP contribution in [0.1, 0.15) is 23.0 Å². The molecule has 2 heterocycles. The average molecular weight is 443 g/mol. The van der Waals surface area contributed by atoms with Crippen LogP contribution in [0.4, 0.5) is 5.82 Å². The van der Waals surface area contributed by atoms with Gasteiger partial charge in [0.1, 0.15) is 18.1 Å². The highest BCUT2D eigenvalue weighted by atomic mass is 32.9. The van der Waals surface area contributed by atoms with Gasteiger partial charge in [-0.25, -0.2) is 4.79 Å². The Morgan fingerprint density at radius 1 is 1.43 bits per heavy atom. The number of carbonyl (C=O) groups is 1. The summed E-state index contributed by atoms with van der Waals surface area (Å²) in [7, 11) is 0. The zero-order valence-electron chi connectivity index (χ0n) is 14.4. The minimum Gasteiger partial charge on any atom is -0.394 e. The first-order chi connectivity index (χ1) is 13.3. The number of amides is 1. The molecule has 1 aromatic heterocycles. The Balaban J connectivity index is 1.73. The van der Waals surface area contributed by atoms with Gasteiger partial charge in [0, 0.05) is 18.2 Å². The number of hydrogen-bond donors (Lipinski definition) is 4. The van der Waals surface area contributed by atoms with Gasteiger partial charge in [-0.2, -0.15) is 4.98 Å². The zero-order chi connectivity index (χ0) is 20.3. The van der Waals surface area contributed by atoms with Crippen molar-refractivity contribution < 1.29 is 24.1 Å². The molecule has 0 radical (unpaired) electrons. The molecule has 1 unspecified atom stereocenters. The normalized spacial score (nSPS) is 23.9. The van der Waals surface area contributed by atoms with E-state index in [0.29, 0.717) is 5.56 Å². The lowest BCUT2D eigenvalue weighted by Crippen LogP contribution is -2.28. The van der Waals surface area contributed by atoms with E-state index in [1.807, 2.05) is 0 Å². The number of nitrogens with one attached hydrogen (secondary N) is 1. The van der Waals surface area contributed by atoms with Crippen LogP contribution in [0, 0.1) is 0 Å². The summed E-state index contributed by atoms with van der Waals surface area (Å²) >= 11 is 8.57. The molecule has 0 aliphatic carbocycles. The summed E-state index contributed by atoms with van der Waals surface area (Å²) in [6.45, 7) is -0.377. The van der Waals surface area contributed by atoms with Crippen molar-refractivity contribution in [1.29, 1.82) is 0 Å². The number of carbonyl (C=O) groups excluding carboxylic acids is 1. The van der Waals surface area contributed by atoms with Gasteiger partial charge in [0.05, 0.1) is 12.7 Å². The van der Waals surface area contributed by atoms with Gasteiger partial charge in [0.25, 0.3) is 5.91 Å². The summed E-state index contributed by atoms with van der Waals surface area (Å²) in [4.78, 5) is 38.0. The van der Waals surface area contributed by atoms with Crippen LogP contribution in [-0.4, -0.2) is 44.3 Å². The van der Waals surface area contributed by atoms with Crippen molar-refractivity contribution in [3.05, 3.63) is 58.6 Å². The summed E-state index contributed by atoms with van der Waals surface area (Å²) in [5, 5.41) is 12.0. The molecule has 1 amide bonds. The number of aromatic nitrogens is 2. The second kappa shape index (κ2) is 8.83. The predicted octanol–water partition coefficient (Wildman–Crippen LogP) is 1.31. The average Bonchev–Trinajstić information content (AvgIpc) is 3.03. The standard InChI is InChI=1S/C16H18N3O6PS2/c20-9-12-11(25-26(23,27)28)8-14(24-12)19-7-6-13(18-16(19)22)17-15(21)10-4-2-1-3-5-10/h1-7,11-12,14,20H,8-9H2,(H2,23,27,28)(H,17,18,21,22)/t11-,12+,14+/m0/s1. The van der Waals surface area contributed by atoms with Crippen LogP contribution in [0.25, 0.3) is 0 Å². The van der Waals surface area contributed by atoms with Crippen LogP contribution < -0.4 is 11.0 Å². The number of rotatable bonds is 6. The Morgan fingerprint density at radius 2 is 2.14 bits per heavy atom. The molecule has 0 spiro atoms. The third-order valence-electron chi connectivity index (χ3n) is 4.05. The Hall–Kier alpha value is -1.59. The second-order valence-electron chi connectivity index (χ2n) is 6.00. The molecular weight excluding hydrogens is 425 g/mol. The number of thiol groups is 1. The molecule has 150 valence electrons. The molecule has 1 saturated heterocycles. The fourth-order valence-corrected chi connectivity index (χ4v) is 4.07. The van der Waals surface area contributed by atoms with Crippen molar-refractivity contribution in [1.82, 2.24) is 9.55 Å². The zero-order valence-corrected chi connectivity index (χ0v) is 17.0. The molecule has 1 aromatic carbocycles. The van der Waals surface area contributed by atoms with E-state index in [-0.39, 0.29) is 18.8 Å². The van der Waals surface area contributed by atoms with Crippen LogP contribution in [0.3, 0.4) is 0 Å². The van der Waals surface area contributed by atoms with Crippen molar-refractivity contribution in [3.8, 4) is 0 Å². The SMILES string of the molecule is O=C(Nc1ccn([C@H]2C[C@H](OP(O)(=S)S)[C@@H](CO)O2)c(=O)n1)c1ccccc1. The molecule has 28 heavy (non-hydrogen) atoms. The van der Waals surface area contributed by atoms with Gasteiger partial charge in [0.15, 0.2) is 0 Å². The fraction of sp³-hybridized carbons (Fsp3) is 0.312. The minimum atomic E-state index is -3.26. The third kappa shape index (κ3) is 5.26. The summed E-state index contributed by atoms with van der Waals surface area (Å²) in [5.74, 6) is -0.292. The van der Waals surface area contributed by atoms with Crippen LogP contribution in [0.5, 0.6) is 0 Å². The van der Waals surface area contributed by atoms with E-state index in [2.05, 4.69) is 22.5 Å². The van der Waals surface area contributed by atoms with Gasteiger partial charge in [-0.3, -0.25) is 9.36 Å². The number of anilines is 1. The molecule has 9 nitrogen and oxygen atoms in total. The molecule has 1 aliphatic heterocycles. The lowest BCUT2D eigenvalue weighted by atomic mass is 10.2. The van der Waals surface area contributed by atoms with Gasteiger partial charge in [0.2, 0.25) is 5.69 Å². The Bertz CT molecular complexity index is 951. The highest BCUT2D eigenvalue weighted by Crippen LogP contribution is 2.51. The number of nitrogens with zero attached hydrogens (tertiary/aromatic N) is 2. The molecule has 0 bridgehead atoms. The quantitative estimate of drug-likeness (QED) is 0.389. The van der Waals surface area contributed by atoms with Crippen molar-refractivity contribution in [2.75, 3.05) is 11.9 Å². The van der Waals surface area contributed by atoms with E-state index in [1.165, 1.54) is 16.8 Å². The number of ether oxygens (including phenoxy) is 1. The lowest BCUT2D eigenvalue weighted by Gasteiger charge is -2.19. The van der Waals surface area contributed by atoms with Crippen LogP contribution >= 0.6 is 17.9 Å². The number of hydrogen-bond acceptors (Lipinski definition) is 7. The first kappa shape index (κ1) is 21.1. The van der Waals surface area contributed by atoms with Crippen molar-refractivity contribution >= 4 is 41.5 Å². The number of aliphatic hydroxyl groups is 1. The van der Waals surface area contributed by atoms with E-state index in [0.717, 1.165) is 0 Å². The molecule has 1 fully saturated rings. The fourth-order valence-electron chi connectivity index (χ4n) is 2.80. The van der Waals surface area contributed by atoms with Crippen molar-refractivity contribution in [2.45, 2.75) is 24.9 Å².